The normalized spacial score (nSPS) is 21.1. The van der Waals surface area contributed by atoms with E-state index in [-0.39, 0.29) is 19.0 Å². The Hall–Kier alpha value is -0.160. The Labute approximate surface area is 142 Å². The maximum Gasteiger partial charge on any atom is 0.158 e. The molecular weight excluding hydrogens is 292 g/mol. The van der Waals surface area contributed by atoms with E-state index in [0.717, 1.165) is 6.42 Å². The minimum atomic E-state index is -0.0451. The number of aliphatic hydroxyl groups excluding tert-OH is 1. The van der Waals surface area contributed by atoms with Crippen LogP contribution in [0.5, 0.6) is 0 Å². The lowest BCUT2D eigenvalue weighted by atomic mass is 10.1. The van der Waals surface area contributed by atoms with Crippen LogP contribution in [0.4, 0.5) is 0 Å². The summed E-state index contributed by atoms with van der Waals surface area (Å²) in [6, 6.07) is 0. The molecule has 1 N–H and O–H groups in total. The zero-order valence-electron chi connectivity index (χ0n) is 15.1. The lowest BCUT2D eigenvalue weighted by Crippen LogP contribution is -2.20. The van der Waals surface area contributed by atoms with Gasteiger partial charge in [-0.3, -0.25) is 0 Å². The molecule has 2 unspecified atom stereocenters. The van der Waals surface area contributed by atoms with Crippen LogP contribution in [0.25, 0.3) is 0 Å². The Morgan fingerprint density at radius 1 is 0.913 bits per heavy atom. The van der Waals surface area contributed by atoms with Crippen LogP contribution in [0, 0.1) is 0 Å². The van der Waals surface area contributed by atoms with Gasteiger partial charge in [0.25, 0.3) is 0 Å². The first-order valence-corrected chi connectivity index (χ1v) is 9.82. The minimum absolute atomic E-state index is 0.0410. The average Bonchev–Trinajstić information content (AvgIpc) is 3.01. The molecule has 23 heavy (non-hydrogen) atoms. The standard InChI is InChI=1S/C19H38O4/c1-2-3-4-5-6-7-8-9-10-11-12-13-19-22-17-18(23-19)16-21-15-14-20/h18-20H,2-17H2,1H3. The zero-order valence-corrected chi connectivity index (χ0v) is 15.1. The summed E-state index contributed by atoms with van der Waals surface area (Å²) in [6.07, 6.45) is 16.0. The lowest BCUT2D eigenvalue weighted by molar-refractivity contribution is -0.0772. The molecule has 0 radical (unpaired) electrons. The maximum atomic E-state index is 8.66. The van der Waals surface area contributed by atoms with Gasteiger partial charge in [-0.15, -0.1) is 0 Å². The Morgan fingerprint density at radius 3 is 2.13 bits per heavy atom. The highest BCUT2D eigenvalue weighted by Crippen LogP contribution is 2.18. The van der Waals surface area contributed by atoms with E-state index in [4.69, 9.17) is 19.3 Å². The van der Waals surface area contributed by atoms with E-state index < -0.39 is 0 Å². The van der Waals surface area contributed by atoms with Gasteiger partial charge in [-0.25, -0.2) is 0 Å². The molecule has 1 aliphatic heterocycles. The van der Waals surface area contributed by atoms with E-state index in [0.29, 0.717) is 19.8 Å². The van der Waals surface area contributed by atoms with Gasteiger partial charge in [0.15, 0.2) is 6.29 Å². The molecular formula is C19H38O4. The van der Waals surface area contributed by atoms with Crippen LogP contribution in [0.3, 0.4) is 0 Å². The second kappa shape index (κ2) is 15.4. The molecule has 1 aliphatic rings. The fourth-order valence-electron chi connectivity index (χ4n) is 3.00. The van der Waals surface area contributed by atoms with Crippen molar-refractivity contribution >= 4 is 0 Å². The number of ether oxygens (including phenoxy) is 3. The van der Waals surface area contributed by atoms with Gasteiger partial charge in [0.2, 0.25) is 0 Å². The van der Waals surface area contributed by atoms with Crippen molar-refractivity contribution in [1.29, 1.82) is 0 Å². The van der Waals surface area contributed by atoms with Crippen molar-refractivity contribution in [1.82, 2.24) is 0 Å². The SMILES string of the molecule is CCCCCCCCCCCCCC1OCC(COCCO)O1. The van der Waals surface area contributed by atoms with E-state index in [1.54, 1.807) is 0 Å². The van der Waals surface area contributed by atoms with Gasteiger partial charge in [0, 0.05) is 0 Å². The Morgan fingerprint density at radius 2 is 1.52 bits per heavy atom. The topological polar surface area (TPSA) is 47.9 Å². The lowest BCUT2D eigenvalue weighted by Gasteiger charge is -2.11. The van der Waals surface area contributed by atoms with Crippen molar-refractivity contribution in [3.05, 3.63) is 0 Å². The fourth-order valence-corrected chi connectivity index (χ4v) is 3.00. The third kappa shape index (κ3) is 11.9. The maximum absolute atomic E-state index is 8.66. The molecule has 0 spiro atoms. The van der Waals surface area contributed by atoms with Crippen molar-refractivity contribution < 1.29 is 19.3 Å². The summed E-state index contributed by atoms with van der Waals surface area (Å²) in [6.45, 7) is 3.86. The van der Waals surface area contributed by atoms with Gasteiger partial charge in [0.05, 0.1) is 26.4 Å². The third-order valence-corrected chi connectivity index (χ3v) is 4.39. The molecule has 4 heteroatoms. The van der Waals surface area contributed by atoms with Crippen molar-refractivity contribution in [2.75, 3.05) is 26.4 Å². The molecule has 1 saturated heterocycles. The highest BCUT2D eigenvalue weighted by Gasteiger charge is 2.25. The van der Waals surface area contributed by atoms with E-state index in [9.17, 15) is 0 Å². The highest BCUT2D eigenvalue weighted by molar-refractivity contribution is 4.65. The first kappa shape index (κ1) is 20.9. The molecule has 0 aromatic heterocycles. The molecule has 0 aliphatic carbocycles. The molecule has 1 rings (SSSR count). The molecule has 1 fully saturated rings. The van der Waals surface area contributed by atoms with Crippen LogP contribution in [-0.2, 0) is 14.2 Å². The summed E-state index contributed by atoms with van der Waals surface area (Å²) in [5.74, 6) is 0. The van der Waals surface area contributed by atoms with Crippen LogP contribution in [-0.4, -0.2) is 43.9 Å². The van der Waals surface area contributed by atoms with Gasteiger partial charge in [-0.05, 0) is 12.8 Å². The van der Waals surface area contributed by atoms with Gasteiger partial charge in [-0.2, -0.15) is 0 Å². The Bertz CT molecular complexity index is 248. The number of hydrogen-bond acceptors (Lipinski definition) is 4. The average molecular weight is 331 g/mol. The van der Waals surface area contributed by atoms with Gasteiger partial charge in [0.1, 0.15) is 6.10 Å². The second-order valence-electron chi connectivity index (χ2n) is 6.64. The van der Waals surface area contributed by atoms with E-state index in [2.05, 4.69) is 6.92 Å². The molecule has 1 heterocycles. The van der Waals surface area contributed by atoms with Crippen LogP contribution < -0.4 is 0 Å². The van der Waals surface area contributed by atoms with Gasteiger partial charge < -0.3 is 19.3 Å². The molecule has 138 valence electrons. The Kier molecular flexibility index (Phi) is 14.0. The van der Waals surface area contributed by atoms with Crippen LogP contribution in [0.15, 0.2) is 0 Å². The predicted molar refractivity (Wildman–Crippen MR) is 93.6 cm³/mol. The number of rotatable bonds is 16. The van der Waals surface area contributed by atoms with E-state index in [1.165, 1.54) is 70.6 Å². The predicted octanol–water partition coefficient (Wildman–Crippen LogP) is 4.44. The molecule has 0 aromatic carbocycles. The van der Waals surface area contributed by atoms with Crippen molar-refractivity contribution in [2.45, 2.75) is 96.4 Å². The smallest absolute Gasteiger partial charge is 0.158 e. The fraction of sp³-hybridized carbons (Fsp3) is 1.00. The van der Waals surface area contributed by atoms with Gasteiger partial charge in [-0.1, -0.05) is 71.1 Å². The summed E-state index contributed by atoms with van der Waals surface area (Å²) in [4.78, 5) is 0. The summed E-state index contributed by atoms with van der Waals surface area (Å²) in [5, 5.41) is 8.66. The van der Waals surface area contributed by atoms with E-state index >= 15 is 0 Å². The molecule has 0 saturated carbocycles. The van der Waals surface area contributed by atoms with Crippen LogP contribution >= 0.6 is 0 Å². The first-order chi connectivity index (χ1) is 11.4. The Balaban J connectivity index is 1.79. The first-order valence-electron chi connectivity index (χ1n) is 9.82. The highest BCUT2D eigenvalue weighted by atomic mass is 16.7. The van der Waals surface area contributed by atoms with Crippen LogP contribution in [0.1, 0.15) is 84.0 Å². The largest absolute Gasteiger partial charge is 0.394 e. The third-order valence-electron chi connectivity index (χ3n) is 4.39. The molecule has 0 bridgehead atoms. The number of aliphatic hydroxyl groups is 1. The quantitative estimate of drug-likeness (QED) is 0.425. The van der Waals surface area contributed by atoms with Crippen molar-refractivity contribution in [3.63, 3.8) is 0 Å². The summed E-state index contributed by atoms with van der Waals surface area (Å²) in [7, 11) is 0. The molecule has 4 nitrogen and oxygen atoms in total. The summed E-state index contributed by atoms with van der Waals surface area (Å²) in [5.41, 5.74) is 0. The summed E-state index contributed by atoms with van der Waals surface area (Å²) >= 11 is 0. The number of hydrogen-bond donors (Lipinski definition) is 1. The monoisotopic (exact) mass is 330 g/mol. The zero-order chi connectivity index (χ0) is 16.6. The second-order valence-corrected chi connectivity index (χ2v) is 6.64. The molecule has 0 amide bonds. The van der Waals surface area contributed by atoms with Crippen LogP contribution in [0.2, 0.25) is 0 Å². The minimum Gasteiger partial charge on any atom is -0.394 e. The molecule has 0 aromatic rings. The van der Waals surface area contributed by atoms with E-state index in [1.807, 2.05) is 0 Å². The van der Waals surface area contributed by atoms with Crippen molar-refractivity contribution in [3.8, 4) is 0 Å². The summed E-state index contributed by atoms with van der Waals surface area (Å²) < 4.78 is 16.7. The number of unbranched alkanes of at least 4 members (excludes halogenated alkanes) is 10. The van der Waals surface area contributed by atoms with Crippen molar-refractivity contribution in [2.24, 2.45) is 0 Å². The van der Waals surface area contributed by atoms with Gasteiger partial charge >= 0.3 is 0 Å². The molecule has 2 atom stereocenters.